The van der Waals surface area contributed by atoms with Gasteiger partial charge in [0.1, 0.15) is 0 Å². The Morgan fingerprint density at radius 3 is 2.67 bits per heavy atom. The van der Waals surface area contributed by atoms with E-state index in [0.717, 1.165) is 23.9 Å². The predicted octanol–water partition coefficient (Wildman–Crippen LogP) is 2.35. The zero-order valence-electron chi connectivity index (χ0n) is 15.1. The van der Waals surface area contributed by atoms with Gasteiger partial charge in [0.25, 0.3) is 0 Å². The van der Waals surface area contributed by atoms with Gasteiger partial charge in [0.05, 0.1) is 11.0 Å². The summed E-state index contributed by atoms with van der Waals surface area (Å²) < 4.78 is 1.66. The number of rotatable bonds is 3. The third-order valence-electron chi connectivity index (χ3n) is 5.19. The quantitative estimate of drug-likeness (QED) is 0.722. The van der Waals surface area contributed by atoms with E-state index >= 15 is 0 Å². The van der Waals surface area contributed by atoms with E-state index < -0.39 is 11.1 Å². The molecule has 2 aromatic heterocycles. The van der Waals surface area contributed by atoms with E-state index in [-0.39, 0.29) is 12.1 Å². The smallest absolute Gasteiger partial charge is 0.316 e. The number of para-hydroxylation sites is 2. The van der Waals surface area contributed by atoms with Crippen molar-refractivity contribution in [3.8, 4) is 0 Å². The molecule has 1 aliphatic rings. The number of hydrogen-bond acceptors (Lipinski definition) is 5. The standard InChI is InChI=1S/C20H21N5O2/c1-3-14-11-21-20(22-12-14)24-9-8-15(10-13(24)2)25-17-7-5-4-6-16(17)23-18(26)19(25)27/h3-7,11-13,15H,1,8-10H2,2H3,(H,23,26). The van der Waals surface area contributed by atoms with Gasteiger partial charge < -0.3 is 9.88 Å². The van der Waals surface area contributed by atoms with E-state index in [9.17, 15) is 9.59 Å². The van der Waals surface area contributed by atoms with Crippen LogP contribution in [0.1, 0.15) is 31.4 Å². The van der Waals surface area contributed by atoms with Crippen LogP contribution in [0.5, 0.6) is 0 Å². The van der Waals surface area contributed by atoms with Gasteiger partial charge in [-0.2, -0.15) is 0 Å². The topological polar surface area (TPSA) is 83.9 Å². The minimum atomic E-state index is -0.577. The van der Waals surface area contributed by atoms with Crippen molar-refractivity contribution in [2.75, 3.05) is 11.4 Å². The molecule has 1 aliphatic heterocycles. The van der Waals surface area contributed by atoms with Crippen LogP contribution >= 0.6 is 0 Å². The molecule has 4 rings (SSSR count). The number of benzene rings is 1. The molecule has 0 aliphatic carbocycles. The number of aromatic nitrogens is 4. The highest BCUT2D eigenvalue weighted by molar-refractivity contribution is 5.74. The van der Waals surface area contributed by atoms with Gasteiger partial charge in [-0.1, -0.05) is 24.8 Å². The molecule has 2 unspecified atom stereocenters. The van der Waals surface area contributed by atoms with Gasteiger partial charge >= 0.3 is 11.1 Å². The summed E-state index contributed by atoms with van der Waals surface area (Å²) in [5.74, 6) is 0.676. The van der Waals surface area contributed by atoms with Crippen molar-refractivity contribution in [3.05, 3.63) is 69.5 Å². The summed E-state index contributed by atoms with van der Waals surface area (Å²) in [7, 11) is 0. The molecule has 3 aromatic rings. The average Bonchev–Trinajstić information content (AvgIpc) is 2.69. The van der Waals surface area contributed by atoms with Crippen LogP contribution < -0.4 is 16.0 Å². The van der Waals surface area contributed by atoms with E-state index in [1.54, 1.807) is 23.0 Å². The number of aromatic amines is 1. The normalized spacial score (nSPS) is 20.0. The Labute approximate surface area is 156 Å². The SMILES string of the molecule is C=Cc1cnc(N2CCC(n3c(=O)c(=O)[nH]c4ccccc43)CC2C)nc1. The Balaban J connectivity index is 1.66. The molecule has 1 saturated heterocycles. The van der Waals surface area contributed by atoms with E-state index in [2.05, 4.69) is 33.4 Å². The van der Waals surface area contributed by atoms with Crippen molar-refractivity contribution < 1.29 is 0 Å². The molecule has 0 radical (unpaired) electrons. The first-order valence-corrected chi connectivity index (χ1v) is 9.03. The van der Waals surface area contributed by atoms with Crippen molar-refractivity contribution in [2.45, 2.75) is 31.8 Å². The van der Waals surface area contributed by atoms with E-state index in [0.29, 0.717) is 18.0 Å². The molecule has 2 atom stereocenters. The van der Waals surface area contributed by atoms with Crippen LogP contribution in [0.25, 0.3) is 17.1 Å². The number of piperidine rings is 1. The van der Waals surface area contributed by atoms with Crippen LogP contribution in [0.2, 0.25) is 0 Å². The molecular formula is C20H21N5O2. The maximum atomic E-state index is 12.6. The summed E-state index contributed by atoms with van der Waals surface area (Å²) in [6.07, 6.45) is 6.69. The Hall–Kier alpha value is -3.22. The summed E-state index contributed by atoms with van der Waals surface area (Å²) >= 11 is 0. The molecule has 1 aromatic carbocycles. The van der Waals surface area contributed by atoms with Gasteiger partial charge in [-0.15, -0.1) is 0 Å². The summed E-state index contributed by atoms with van der Waals surface area (Å²) in [6, 6.07) is 7.53. The fourth-order valence-electron chi connectivity index (χ4n) is 3.81. The van der Waals surface area contributed by atoms with Crippen LogP contribution in [-0.4, -0.2) is 32.1 Å². The van der Waals surface area contributed by atoms with Gasteiger partial charge in [-0.05, 0) is 31.9 Å². The number of fused-ring (bicyclic) bond motifs is 1. The second kappa shape index (κ2) is 6.83. The second-order valence-corrected chi connectivity index (χ2v) is 6.89. The largest absolute Gasteiger partial charge is 0.338 e. The fourth-order valence-corrected chi connectivity index (χ4v) is 3.81. The van der Waals surface area contributed by atoms with Crippen LogP contribution in [0.15, 0.2) is 52.8 Å². The molecule has 3 heterocycles. The number of nitrogens with one attached hydrogen (secondary N) is 1. The maximum absolute atomic E-state index is 12.6. The lowest BCUT2D eigenvalue weighted by atomic mass is 9.98. The molecule has 0 saturated carbocycles. The fraction of sp³-hybridized carbons (Fsp3) is 0.300. The molecule has 138 valence electrons. The van der Waals surface area contributed by atoms with E-state index in [4.69, 9.17) is 0 Å². The molecule has 7 nitrogen and oxygen atoms in total. The second-order valence-electron chi connectivity index (χ2n) is 6.89. The highest BCUT2D eigenvalue weighted by Crippen LogP contribution is 2.29. The third-order valence-corrected chi connectivity index (χ3v) is 5.19. The zero-order chi connectivity index (χ0) is 19.0. The van der Waals surface area contributed by atoms with Crippen molar-refractivity contribution in [1.82, 2.24) is 19.5 Å². The number of nitrogens with zero attached hydrogens (tertiary/aromatic N) is 4. The molecule has 1 N–H and O–H groups in total. The van der Waals surface area contributed by atoms with Gasteiger partial charge in [-0.3, -0.25) is 14.2 Å². The van der Waals surface area contributed by atoms with Crippen LogP contribution in [0, 0.1) is 0 Å². The lowest BCUT2D eigenvalue weighted by Crippen LogP contribution is -2.46. The Bertz CT molecular complexity index is 1100. The number of H-pyrrole nitrogens is 1. The number of anilines is 1. The molecule has 0 bridgehead atoms. The molecule has 7 heteroatoms. The average molecular weight is 363 g/mol. The highest BCUT2D eigenvalue weighted by Gasteiger charge is 2.29. The van der Waals surface area contributed by atoms with Crippen LogP contribution in [-0.2, 0) is 0 Å². The van der Waals surface area contributed by atoms with E-state index in [1.165, 1.54) is 0 Å². The monoisotopic (exact) mass is 363 g/mol. The van der Waals surface area contributed by atoms with Gasteiger partial charge in [0.2, 0.25) is 5.95 Å². The zero-order valence-corrected chi connectivity index (χ0v) is 15.1. The summed E-state index contributed by atoms with van der Waals surface area (Å²) in [4.78, 5) is 38.3. The first-order chi connectivity index (χ1) is 13.1. The van der Waals surface area contributed by atoms with Crippen LogP contribution in [0.3, 0.4) is 0 Å². The van der Waals surface area contributed by atoms with Gasteiger partial charge in [0, 0.05) is 36.6 Å². The first-order valence-electron chi connectivity index (χ1n) is 9.03. The molecule has 1 fully saturated rings. The molecule has 0 spiro atoms. The summed E-state index contributed by atoms with van der Waals surface area (Å²) in [6.45, 7) is 6.53. The minimum Gasteiger partial charge on any atom is -0.338 e. The highest BCUT2D eigenvalue weighted by atomic mass is 16.2. The van der Waals surface area contributed by atoms with E-state index in [1.807, 2.05) is 24.3 Å². The predicted molar refractivity (Wildman–Crippen MR) is 106 cm³/mol. The lowest BCUT2D eigenvalue weighted by molar-refractivity contribution is 0.345. The van der Waals surface area contributed by atoms with Crippen molar-refractivity contribution >= 4 is 23.1 Å². The summed E-state index contributed by atoms with van der Waals surface area (Å²) in [5, 5.41) is 0. The van der Waals surface area contributed by atoms with Gasteiger partial charge in [-0.25, -0.2) is 9.97 Å². The Kier molecular flexibility index (Phi) is 4.35. The van der Waals surface area contributed by atoms with Crippen molar-refractivity contribution in [3.63, 3.8) is 0 Å². The molecular weight excluding hydrogens is 342 g/mol. The first kappa shape index (κ1) is 17.2. The maximum Gasteiger partial charge on any atom is 0.316 e. The minimum absolute atomic E-state index is 0.0385. The summed E-state index contributed by atoms with van der Waals surface area (Å²) in [5.41, 5.74) is 1.25. The Morgan fingerprint density at radius 2 is 1.96 bits per heavy atom. The Morgan fingerprint density at radius 1 is 1.22 bits per heavy atom. The number of hydrogen-bond donors (Lipinski definition) is 1. The molecule has 27 heavy (non-hydrogen) atoms. The van der Waals surface area contributed by atoms with Crippen molar-refractivity contribution in [1.29, 1.82) is 0 Å². The molecule has 0 amide bonds. The van der Waals surface area contributed by atoms with Gasteiger partial charge in [0.15, 0.2) is 0 Å². The lowest BCUT2D eigenvalue weighted by Gasteiger charge is -2.38. The van der Waals surface area contributed by atoms with Crippen LogP contribution in [0.4, 0.5) is 5.95 Å². The third kappa shape index (κ3) is 3.05. The van der Waals surface area contributed by atoms with Crippen molar-refractivity contribution in [2.24, 2.45) is 0 Å².